The van der Waals surface area contributed by atoms with Crippen molar-refractivity contribution in [3.8, 4) is 11.5 Å². The summed E-state index contributed by atoms with van der Waals surface area (Å²) in [7, 11) is 0. The van der Waals surface area contributed by atoms with Crippen LogP contribution in [-0.2, 0) is 0 Å². The molecule has 0 spiro atoms. The van der Waals surface area contributed by atoms with Crippen LogP contribution in [0.1, 0.15) is 0 Å². The van der Waals surface area contributed by atoms with E-state index in [2.05, 4.69) is 0 Å². The molecule has 204 valence electrons. The average Bonchev–Trinajstić information content (AvgIpc) is 3.62. The van der Waals surface area contributed by atoms with Crippen molar-refractivity contribution in [1.82, 2.24) is 18.8 Å². The summed E-state index contributed by atoms with van der Waals surface area (Å²) in [5.74, 6) is -0.0218. The molecule has 0 fully saturated rings. The first-order valence-corrected chi connectivity index (χ1v) is 14.2. The number of nitrogens with zero attached hydrogens (tertiary/aromatic N) is 4. The highest BCUT2D eigenvalue weighted by atomic mass is 16.3. The Morgan fingerprint density at radius 3 is 1.52 bits per heavy atom. The number of phenolic OH excluding ortho intramolecular Hbond substituents is 2. The number of hydrogen-bond acceptors (Lipinski definition) is 6. The fourth-order valence-corrected chi connectivity index (χ4v) is 7.84. The topological polar surface area (TPSA) is 109 Å². The van der Waals surface area contributed by atoms with Crippen LogP contribution in [0.5, 0.6) is 11.5 Å². The number of benzene rings is 7. The third-order valence-electron chi connectivity index (χ3n) is 9.53. The van der Waals surface area contributed by atoms with Gasteiger partial charge in [0.1, 0.15) is 22.8 Å². The second-order valence-corrected chi connectivity index (χ2v) is 11.6. The van der Waals surface area contributed by atoms with Crippen LogP contribution in [0.25, 0.3) is 98.0 Å². The lowest BCUT2D eigenvalue weighted by molar-refractivity contribution is 0.481. The molecular formula is C36H16N4O4. The van der Waals surface area contributed by atoms with Gasteiger partial charge < -0.3 is 10.2 Å². The molecule has 44 heavy (non-hydrogen) atoms. The molecule has 8 nitrogen and oxygen atoms in total. The first kappa shape index (κ1) is 22.3. The van der Waals surface area contributed by atoms with E-state index >= 15 is 0 Å². The summed E-state index contributed by atoms with van der Waals surface area (Å²) >= 11 is 0. The van der Waals surface area contributed by atoms with Crippen LogP contribution in [-0.4, -0.2) is 29.0 Å². The molecule has 8 heteroatoms. The van der Waals surface area contributed by atoms with Gasteiger partial charge in [-0.05, 0) is 59.3 Å². The van der Waals surface area contributed by atoms with Gasteiger partial charge in [0.05, 0.1) is 27.5 Å². The van der Waals surface area contributed by atoms with Crippen LogP contribution >= 0.6 is 0 Å². The highest BCUT2D eigenvalue weighted by Gasteiger charge is 2.26. The van der Waals surface area contributed by atoms with Gasteiger partial charge >= 0.3 is 0 Å². The van der Waals surface area contributed by atoms with Crippen molar-refractivity contribution in [2.75, 3.05) is 0 Å². The fourth-order valence-electron chi connectivity index (χ4n) is 7.84. The first-order chi connectivity index (χ1) is 21.5. The minimum Gasteiger partial charge on any atom is -0.507 e. The Balaban J connectivity index is 1.44. The lowest BCUT2D eigenvalue weighted by atomic mass is 9.85. The minimum absolute atomic E-state index is 0.0269. The molecule has 4 heterocycles. The van der Waals surface area contributed by atoms with E-state index in [4.69, 9.17) is 9.97 Å². The van der Waals surface area contributed by atoms with Crippen molar-refractivity contribution in [1.29, 1.82) is 0 Å². The van der Waals surface area contributed by atoms with Crippen molar-refractivity contribution in [3.63, 3.8) is 0 Å². The molecule has 2 N–H and O–H groups in total. The van der Waals surface area contributed by atoms with Crippen LogP contribution in [0, 0.1) is 0 Å². The number of phenols is 2. The Morgan fingerprint density at radius 2 is 0.909 bits per heavy atom. The Morgan fingerprint density at radius 1 is 0.455 bits per heavy atom. The van der Waals surface area contributed by atoms with E-state index in [1.807, 2.05) is 66.7 Å². The minimum atomic E-state index is -0.273. The Hall–Kier alpha value is -6.28. The standard InChI is InChI=1S/C36H16N4O4/c41-25-13-19-28-18(35(43)40-24-8-4-2-6-22(24)38-34(19)40)12-10-16-30-26(42)14-20-27-17(11-9-15(31(27)30)29(25)32(16)28)33-37-21-5-1-3-7-23(21)39(33)36(20)44/h1-14,41-42H. The van der Waals surface area contributed by atoms with Gasteiger partial charge in [-0.2, -0.15) is 0 Å². The van der Waals surface area contributed by atoms with E-state index in [9.17, 15) is 19.8 Å². The van der Waals surface area contributed by atoms with Gasteiger partial charge in [-0.25, -0.2) is 9.97 Å². The predicted octanol–water partition coefficient (Wildman–Crippen LogP) is 6.65. The predicted molar refractivity (Wildman–Crippen MR) is 173 cm³/mol. The normalized spacial score (nSPS) is 12.9. The molecule has 0 bridgehead atoms. The van der Waals surface area contributed by atoms with E-state index in [0.29, 0.717) is 92.6 Å². The lowest BCUT2D eigenvalue weighted by Gasteiger charge is -2.19. The molecular weight excluding hydrogens is 552 g/mol. The van der Waals surface area contributed by atoms with Gasteiger partial charge in [0.25, 0.3) is 11.1 Å². The maximum Gasteiger partial charge on any atom is 0.264 e. The molecule has 0 atom stereocenters. The zero-order chi connectivity index (χ0) is 29.2. The largest absolute Gasteiger partial charge is 0.507 e. The summed E-state index contributed by atoms with van der Waals surface area (Å²) in [6.45, 7) is 0. The summed E-state index contributed by atoms with van der Waals surface area (Å²) in [6.07, 6.45) is 0. The van der Waals surface area contributed by atoms with Crippen LogP contribution in [0.15, 0.2) is 94.5 Å². The number of fused-ring (bicyclic) bond motifs is 10. The first-order valence-electron chi connectivity index (χ1n) is 14.2. The Bertz CT molecular complexity index is 3200. The maximum atomic E-state index is 14.0. The van der Waals surface area contributed by atoms with Crippen molar-refractivity contribution in [3.05, 3.63) is 106 Å². The monoisotopic (exact) mass is 568 g/mol. The van der Waals surface area contributed by atoms with Gasteiger partial charge in [0.15, 0.2) is 0 Å². The van der Waals surface area contributed by atoms with Gasteiger partial charge in [0, 0.05) is 48.5 Å². The summed E-state index contributed by atoms with van der Waals surface area (Å²) in [5.41, 5.74) is 3.32. The summed E-state index contributed by atoms with van der Waals surface area (Å²) in [4.78, 5) is 37.7. The molecule has 4 aromatic heterocycles. The Labute approximate surface area is 243 Å². The van der Waals surface area contributed by atoms with E-state index < -0.39 is 0 Å². The highest BCUT2D eigenvalue weighted by molar-refractivity contribution is 6.42. The van der Waals surface area contributed by atoms with Crippen molar-refractivity contribution in [2.24, 2.45) is 0 Å². The van der Waals surface area contributed by atoms with E-state index in [1.165, 1.54) is 6.07 Å². The van der Waals surface area contributed by atoms with Crippen LogP contribution in [0.3, 0.4) is 0 Å². The van der Waals surface area contributed by atoms with Gasteiger partial charge in [-0.1, -0.05) is 36.4 Å². The maximum absolute atomic E-state index is 14.0. The van der Waals surface area contributed by atoms with Crippen LogP contribution in [0.4, 0.5) is 0 Å². The number of aromatic hydroxyl groups is 2. The quantitative estimate of drug-likeness (QED) is 0.157. The zero-order valence-corrected chi connectivity index (χ0v) is 22.6. The number of rotatable bonds is 0. The molecule has 0 saturated heterocycles. The second-order valence-electron chi connectivity index (χ2n) is 11.6. The summed E-state index contributed by atoms with van der Waals surface area (Å²) in [6, 6.07) is 25.6. The van der Waals surface area contributed by atoms with Crippen LogP contribution in [0.2, 0.25) is 0 Å². The lowest BCUT2D eigenvalue weighted by Crippen LogP contribution is -2.14. The van der Waals surface area contributed by atoms with Gasteiger partial charge in [-0.15, -0.1) is 0 Å². The second kappa shape index (κ2) is 7.02. The molecule has 11 rings (SSSR count). The number of hydrogen-bond donors (Lipinski definition) is 2. The third-order valence-corrected chi connectivity index (χ3v) is 9.53. The number of pyridine rings is 2. The smallest absolute Gasteiger partial charge is 0.264 e. The van der Waals surface area contributed by atoms with Crippen LogP contribution < -0.4 is 11.1 Å². The SMILES string of the molecule is O=c1c2cc(O)c3c4ccc5c(=O)n6c7ccccc7nc6c6cc(O)c(c7ccc(c2c73)c2nc3ccccc3n12)c4c56. The molecule has 0 aliphatic rings. The van der Waals surface area contributed by atoms with Crippen molar-refractivity contribution < 1.29 is 10.2 Å². The number of aromatic nitrogens is 4. The van der Waals surface area contributed by atoms with E-state index in [1.54, 1.807) is 20.9 Å². The van der Waals surface area contributed by atoms with E-state index in [0.717, 1.165) is 5.39 Å². The highest BCUT2D eigenvalue weighted by Crippen LogP contribution is 2.50. The molecule has 7 aromatic carbocycles. The summed E-state index contributed by atoms with van der Waals surface area (Å²) in [5, 5.41) is 30.9. The summed E-state index contributed by atoms with van der Waals surface area (Å²) < 4.78 is 3.21. The molecule has 11 aromatic rings. The fraction of sp³-hybridized carbons (Fsp3) is 0. The number of imidazole rings is 2. The molecule has 0 aliphatic carbocycles. The van der Waals surface area contributed by atoms with Crippen molar-refractivity contribution >= 4 is 98.0 Å². The number of para-hydroxylation sites is 4. The molecule has 0 aliphatic heterocycles. The zero-order valence-electron chi connectivity index (χ0n) is 22.6. The van der Waals surface area contributed by atoms with Gasteiger partial charge in [0.2, 0.25) is 0 Å². The molecule has 0 unspecified atom stereocenters. The molecule has 0 amide bonds. The van der Waals surface area contributed by atoms with Crippen molar-refractivity contribution in [2.45, 2.75) is 0 Å². The Kier molecular flexibility index (Phi) is 3.56. The molecule has 0 radical (unpaired) electrons. The van der Waals surface area contributed by atoms with Gasteiger partial charge in [-0.3, -0.25) is 18.4 Å². The van der Waals surface area contributed by atoms with E-state index in [-0.39, 0.29) is 22.6 Å². The third kappa shape index (κ3) is 2.27. The molecule has 0 saturated carbocycles. The average molecular weight is 569 g/mol.